The van der Waals surface area contributed by atoms with E-state index in [0.29, 0.717) is 49.1 Å². The van der Waals surface area contributed by atoms with Gasteiger partial charge < -0.3 is 19.7 Å². The molecule has 4 aliphatic heterocycles. The Hall–Kier alpha value is -7.22. The van der Waals surface area contributed by atoms with Crippen LogP contribution in [0.1, 0.15) is 97.3 Å². The van der Waals surface area contributed by atoms with Crippen LogP contribution >= 0.6 is 23.2 Å². The van der Waals surface area contributed by atoms with Gasteiger partial charge in [0.05, 0.1) is 28.1 Å². The fourth-order valence-corrected chi connectivity index (χ4v) is 8.37. The number of carbonyl (C=O) groups excluding carboxylic acids is 5. The second-order valence-corrected chi connectivity index (χ2v) is 17.9. The quantitative estimate of drug-likeness (QED) is 0.124. The Morgan fingerprint density at radius 1 is 0.587 bits per heavy atom. The number of hydrogen-bond acceptors (Lipinski definition) is 10. The molecule has 400 valence electrons. The molecule has 2 saturated heterocycles. The third kappa shape index (κ3) is 12.7. The average molecular weight is 1110 g/mol. The Morgan fingerprint density at radius 3 is 1.31 bits per heavy atom. The lowest BCUT2D eigenvalue weighted by molar-refractivity contribution is -0.276. The average Bonchev–Trinajstić information content (AvgIpc) is 3.96. The van der Waals surface area contributed by atoms with Crippen LogP contribution in [0.15, 0.2) is 83.1 Å². The van der Waals surface area contributed by atoms with Crippen molar-refractivity contribution in [3.05, 3.63) is 138 Å². The maximum atomic E-state index is 14.2. The number of nitrogens with zero attached hydrogens (tertiary/aromatic N) is 3. The smallest absolute Gasteiger partial charge is 0.435 e. The van der Waals surface area contributed by atoms with Crippen LogP contribution in [0.3, 0.4) is 0 Å². The van der Waals surface area contributed by atoms with Crippen molar-refractivity contribution >= 4 is 70.1 Å². The number of aryl methyl sites for hydroxylation is 2. The zero-order valence-electron chi connectivity index (χ0n) is 38.2. The summed E-state index contributed by atoms with van der Waals surface area (Å²) in [5, 5.41) is 19.2. The topological polar surface area (TPSA) is 193 Å². The number of amides is 5. The van der Waals surface area contributed by atoms with Gasteiger partial charge in [-0.3, -0.25) is 34.6 Å². The van der Waals surface area contributed by atoms with E-state index in [1.807, 2.05) is 0 Å². The molecular formula is C47H35Cl2F12N5O9. The zero-order valence-corrected chi connectivity index (χ0v) is 39.7. The SMILES string of the molecule is Cc1cc(C2=NOC(c3cc(Cl)cc(C(F)(F)F)c3)(C(F)(F)F)C2)ccc1C(=O)N1CC(=O)NC(=O)C1.Cc1cc(C2=NOC(c3cc(Cl)cc(C(F)(F)F)c3)(C(F)(F)F)C2)ccc1C(=O)O.O=C1CCCC(=O)N1. The second-order valence-electron chi connectivity index (χ2n) is 17.0. The number of halogens is 14. The van der Waals surface area contributed by atoms with Gasteiger partial charge in [-0.2, -0.15) is 52.7 Å². The van der Waals surface area contributed by atoms with Gasteiger partial charge in [0.1, 0.15) is 13.1 Å². The van der Waals surface area contributed by atoms with E-state index >= 15 is 0 Å². The monoisotopic (exact) mass is 1110 g/mol. The van der Waals surface area contributed by atoms with Crippen molar-refractivity contribution in [2.75, 3.05) is 13.1 Å². The summed E-state index contributed by atoms with van der Waals surface area (Å²) in [6, 6.07) is 10.9. The molecule has 0 aliphatic carbocycles. The lowest BCUT2D eigenvalue weighted by Crippen LogP contribution is -2.53. The third-order valence-corrected chi connectivity index (χ3v) is 12.1. The van der Waals surface area contributed by atoms with Gasteiger partial charge in [-0.05, 0) is 103 Å². The second kappa shape index (κ2) is 21.2. The molecule has 75 heavy (non-hydrogen) atoms. The standard InChI is InChI=1S/C23H16ClF6N3O4.C19H12ClF6NO3.C5H7NO2/c1-11-4-12(2-3-16(11)20(36)33-9-18(34)31-19(35)10-33)17-8-21(37-32-17,23(28,29)30)13-5-14(22(25,26)27)7-15(24)6-13;1-9-4-10(2-3-14(9)16(28)29)15-8-17(30-27-15,19(24,25)26)11-5-12(18(21,22)23)7-13(20)6-11;7-4-2-1-3-5(8)6-4/h2-7H,8-10H2,1H3,(H,31,34,35);2-7H,8H2,1H3,(H,28,29);1-3H2,(H,6,7,8). The number of carboxylic acid groups (broad SMARTS) is 1. The van der Waals surface area contributed by atoms with E-state index in [9.17, 15) is 81.5 Å². The van der Waals surface area contributed by atoms with Crippen molar-refractivity contribution in [3.8, 4) is 0 Å². The first-order valence-electron chi connectivity index (χ1n) is 21.4. The van der Waals surface area contributed by atoms with Gasteiger partial charge in [0, 0.05) is 52.4 Å². The minimum atomic E-state index is -5.17. The predicted molar refractivity (Wildman–Crippen MR) is 238 cm³/mol. The predicted octanol–water partition coefficient (Wildman–Crippen LogP) is 10.1. The van der Waals surface area contributed by atoms with Gasteiger partial charge in [0.15, 0.2) is 0 Å². The van der Waals surface area contributed by atoms with E-state index in [2.05, 4.69) is 20.9 Å². The number of benzene rings is 4. The molecule has 0 bridgehead atoms. The van der Waals surface area contributed by atoms with Crippen molar-refractivity contribution in [2.45, 2.75) is 81.9 Å². The molecule has 0 spiro atoms. The fraction of sp³-hybridized carbons (Fsp3) is 0.319. The number of carbonyl (C=O) groups is 6. The van der Waals surface area contributed by atoms with Gasteiger partial charge >= 0.3 is 30.7 Å². The number of hydrogen-bond donors (Lipinski definition) is 3. The highest BCUT2D eigenvalue weighted by molar-refractivity contribution is 6.31. The van der Waals surface area contributed by atoms with E-state index < -0.39 is 105 Å². The van der Waals surface area contributed by atoms with Crippen molar-refractivity contribution in [1.29, 1.82) is 0 Å². The molecule has 0 aromatic heterocycles. The molecule has 28 heteroatoms. The number of oxime groups is 2. The zero-order chi connectivity index (χ0) is 55.8. The molecule has 4 aromatic rings. The Bertz CT molecular complexity index is 3020. The summed E-state index contributed by atoms with van der Waals surface area (Å²) in [7, 11) is 0. The first-order valence-corrected chi connectivity index (χ1v) is 22.2. The number of piperidine rings is 1. The minimum Gasteiger partial charge on any atom is -0.478 e. The molecule has 0 radical (unpaired) electrons. The first-order chi connectivity index (χ1) is 34.6. The Morgan fingerprint density at radius 2 is 0.973 bits per heavy atom. The fourth-order valence-electron chi connectivity index (χ4n) is 7.90. The summed E-state index contributed by atoms with van der Waals surface area (Å²) in [4.78, 5) is 78.3. The van der Waals surface area contributed by atoms with Crippen LogP contribution in [-0.4, -0.2) is 82.4 Å². The van der Waals surface area contributed by atoms with Crippen molar-refractivity contribution < 1.29 is 96.2 Å². The van der Waals surface area contributed by atoms with E-state index in [1.54, 1.807) is 0 Å². The summed E-state index contributed by atoms with van der Waals surface area (Å²) in [6.07, 6.45) is -20.3. The maximum absolute atomic E-state index is 14.2. The molecule has 0 saturated carbocycles. The van der Waals surface area contributed by atoms with Crippen molar-refractivity contribution in [1.82, 2.24) is 15.5 Å². The number of carboxylic acids is 1. The largest absolute Gasteiger partial charge is 0.478 e. The summed E-state index contributed by atoms with van der Waals surface area (Å²) in [6.45, 7) is 2.25. The van der Waals surface area contributed by atoms with E-state index in [4.69, 9.17) is 38.0 Å². The number of rotatable bonds is 6. The molecule has 4 aromatic carbocycles. The number of imide groups is 2. The maximum Gasteiger partial charge on any atom is 0.435 e. The molecule has 2 atom stereocenters. The number of piperazine rings is 1. The Labute approximate surface area is 424 Å². The molecule has 14 nitrogen and oxygen atoms in total. The Kier molecular flexibility index (Phi) is 16.1. The molecule has 4 heterocycles. The summed E-state index contributed by atoms with van der Waals surface area (Å²) in [5.41, 5.74) is -10.3. The first kappa shape index (κ1) is 57.1. The van der Waals surface area contributed by atoms with Crippen LogP contribution < -0.4 is 10.6 Å². The van der Waals surface area contributed by atoms with E-state index in [0.717, 1.165) is 17.0 Å². The van der Waals surface area contributed by atoms with Gasteiger partial charge in [-0.15, -0.1) is 0 Å². The number of alkyl halides is 12. The number of aromatic carboxylic acids is 1. The Balaban J connectivity index is 0.000000215. The highest BCUT2D eigenvalue weighted by Gasteiger charge is 2.64. The van der Waals surface area contributed by atoms with Crippen LogP contribution in [0.2, 0.25) is 10.0 Å². The molecular weight excluding hydrogens is 1080 g/mol. The molecule has 2 unspecified atom stereocenters. The number of nitrogens with one attached hydrogen (secondary N) is 2. The molecule has 2 fully saturated rings. The normalized spacial score (nSPS) is 20.0. The van der Waals surface area contributed by atoms with Crippen LogP contribution in [0.5, 0.6) is 0 Å². The lowest BCUT2D eigenvalue weighted by Gasteiger charge is -2.30. The molecule has 5 amide bonds. The van der Waals surface area contributed by atoms with Gasteiger partial charge in [0.2, 0.25) is 23.6 Å². The molecule has 8 rings (SSSR count). The molecule has 3 N–H and O–H groups in total. The van der Waals surface area contributed by atoms with Crippen molar-refractivity contribution in [2.24, 2.45) is 10.3 Å². The van der Waals surface area contributed by atoms with Crippen LogP contribution in [0.4, 0.5) is 52.7 Å². The van der Waals surface area contributed by atoms with E-state index in [-0.39, 0.29) is 64.1 Å². The minimum absolute atomic E-state index is 0.0509. The van der Waals surface area contributed by atoms with Gasteiger partial charge in [-0.25, -0.2) is 4.79 Å². The van der Waals surface area contributed by atoms with Gasteiger partial charge in [0.25, 0.3) is 17.1 Å². The summed E-state index contributed by atoms with van der Waals surface area (Å²) < 4.78 is 164. The lowest BCUT2D eigenvalue weighted by atomic mass is 9.85. The van der Waals surface area contributed by atoms with Crippen LogP contribution in [0, 0.1) is 13.8 Å². The van der Waals surface area contributed by atoms with Crippen LogP contribution in [-0.2, 0) is 52.4 Å². The molecule has 4 aliphatic rings. The highest BCUT2D eigenvalue weighted by atomic mass is 35.5. The van der Waals surface area contributed by atoms with E-state index in [1.165, 1.54) is 50.2 Å². The van der Waals surface area contributed by atoms with Gasteiger partial charge in [-0.1, -0.05) is 45.6 Å². The van der Waals surface area contributed by atoms with Crippen LogP contribution in [0.25, 0.3) is 0 Å². The summed E-state index contributed by atoms with van der Waals surface area (Å²) in [5.74, 6) is -3.45. The third-order valence-electron chi connectivity index (χ3n) is 11.7. The summed E-state index contributed by atoms with van der Waals surface area (Å²) >= 11 is 11.4. The highest BCUT2D eigenvalue weighted by Crippen LogP contribution is 2.52. The van der Waals surface area contributed by atoms with Crippen molar-refractivity contribution in [3.63, 3.8) is 0 Å².